The molecule has 0 fully saturated rings. The van der Waals surface area contributed by atoms with Crippen LogP contribution in [0, 0.1) is 0 Å². The Morgan fingerprint density at radius 1 is 1.31 bits per heavy atom. The summed E-state index contributed by atoms with van der Waals surface area (Å²) < 4.78 is 5.09. The molecule has 0 aliphatic rings. The molecule has 0 spiro atoms. The van der Waals surface area contributed by atoms with E-state index in [0.717, 1.165) is 5.39 Å². The highest BCUT2D eigenvalue weighted by Crippen LogP contribution is 2.18. The highest BCUT2D eigenvalue weighted by Gasteiger charge is 2.17. The fraction of sp³-hybridized carbons (Fsp3) is 0. The fourth-order valence-electron chi connectivity index (χ4n) is 1.26. The third kappa shape index (κ3) is 1.44. The SMILES string of the molecule is OB(O)c1cc(Cl)cc2ccoc12. The summed E-state index contributed by atoms with van der Waals surface area (Å²) >= 11 is 5.76. The first-order valence-corrected chi connectivity index (χ1v) is 4.09. The van der Waals surface area contributed by atoms with E-state index in [0.29, 0.717) is 10.6 Å². The van der Waals surface area contributed by atoms with Crippen LogP contribution < -0.4 is 5.46 Å². The zero-order valence-electron chi connectivity index (χ0n) is 6.57. The van der Waals surface area contributed by atoms with Crippen LogP contribution in [0.4, 0.5) is 0 Å². The number of benzene rings is 1. The van der Waals surface area contributed by atoms with Gasteiger partial charge in [-0.2, -0.15) is 0 Å². The van der Waals surface area contributed by atoms with Gasteiger partial charge in [-0.25, -0.2) is 0 Å². The van der Waals surface area contributed by atoms with Gasteiger partial charge in [-0.3, -0.25) is 0 Å². The highest BCUT2D eigenvalue weighted by atomic mass is 35.5. The molecule has 2 rings (SSSR count). The molecule has 0 unspecified atom stereocenters. The number of rotatable bonds is 1. The van der Waals surface area contributed by atoms with Crippen molar-refractivity contribution in [2.45, 2.75) is 0 Å². The lowest BCUT2D eigenvalue weighted by Crippen LogP contribution is -2.30. The van der Waals surface area contributed by atoms with Gasteiger partial charge in [-0.1, -0.05) is 11.6 Å². The quantitative estimate of drug-likeness (QED) is 0.662. The van der Waals surface area contributed by atoms with E-state index < -0.39 is 7.12 Å². The zero-order chi connectivity index (χ0) is 9.42. The van der Waals surface area contributed by atoms with Crippen LogP contribution in [0.2, 0.25) is 5.02 Å². The first-order chi connectivity index (χ1) is 6.18. The molecular weight excluding hydrogens is 190 g/mol. The van der Waals surface area contributed by atoms with Gasteiger partial charge in [0.1, 0.15) is 5.58 Å². The summed E-state index contributed by atoms with van der Waals surface area (Å²) in [7, 11) is -1.56. The van der Waals surface area contributed by atoms with Gasteiger partial charge in [0.05, 0.1) is 6.26 Å². The Morgan fingerprint density at radius 3 is 2.77 bits per heavy atom. The Hall–Kier alpha value is -0.965. The van der Waals surface area contributed by atoms with Gasteiger partial charge < -0.3 is 14.5 Å². The zero-order valence-corrected chi connectivity index (χ0v) is 7.32. The molecule has 0 aliphatic heterocycles. The van der Waals surface area contributed by atoms with Crippen LogP contribution in [0.15, 0.2) is 28.9 Å². The maximum Gasteiger partial charge on any atom is 0.492 e. The average molecular weight is 196 g/mol. The molecule has 0 radical (unpaired) electrons. The molecule has 13 heavy (non-hydrogen) atoms. The number of hydrogen-bond acceptors (Lipinski definition) is 3. The van der Waals surface area contributed by atoms with Gasteiger partial charge in [-0.05, 0) is 18.2 Å². The van der Waals surface area contributed by atoms with E-state index >= 15 is 0 Å². The Balaban J connectivity index is 2.77. The standard InChI is InChI=1S/C8H6BClO3/c10-6-3-5-1-2-13-8(5)7(4-6)9(11)12/h1-4,11-12H. The third-order valence-electron chi connectivity index (χ3n) is 1.82. The van der Waals surface area contributed by atoms with Crippen LogP contribution in [0.3, 0.4) is 0 Å². The molecule has 0 amide bonds. The van der Waals surface area contributed by atoms with E-state index in [4.69, 9.17) is 26.1 Å². The molecule has 2 aromatic rings. The van der Waals surface area contributed by atoms with E-state index in [2.05, 4.69) is 0 Å². The van der Waals surface area contributed by atoms with Crippen molar-refractivity contribution < 1.29 is 14.5 Å². The van der Waals surface area contributed by atoms with E-state index in [-0.39, 0.29) is 5.46 Å². The lowest BCUT2D eigenvalue weighted by Gasteiger charge is -2.00. The van der Waals surface area contributed by atoms with Gasteiger partial charge in [0.25, 0.3) is 0 Å². The van der Waals surface area contributed by atoms with Crippen LogP contribution in [0.25, 0.3) is 11.0 Å². The summed E-state index contributed by atoms with van der Waals surface area (Å²) in [4.78, 5) is 0. The number of halogens is 1. The minimum Gasteiger partial charge on any atom is -0.465 e. The van der Waals surface area contributed by atoms with E-state index in [1.54, 1.807) is 12.1 Å². The average Bonchev–Trinajstić information content (AvgIpc) is 2.49. The minimum absolute atomic E-state index is 0.285. The van der Waals surface area contributed by atoms with Crippen LogP contribution in [0.1, 0.15) is 0 Å². The molecule has 0 saturated heterocycles. The normalized spacial score (nSPS) is 10.7. The maximum atomic E-state index is 9.00. The molecule has 0 atom stereocenters. The van der Waals surface area contributed by atoms with E-state index in [9.17, 15) is 0 Å². The molecule has 0 aliphatic carbocycles. The second-order valence-corrected chi connectivity index (χ2v) is 3.14. The summed E-state index contributed by atoms with van der Waals surface area (Å²) in [6.07, 6.45) is 1.48. The fourth-order valence-corrected chi connectivity index (χ4v) is 1.50. The molecule has 1 aromatic carbocycles. The third-order valence-corrected chi connectivity index (χ3v) is 2.04. The lowest BCUT2D eigenvalue weighted by molar-refractivity contribution is 0.425. The van der Waals surface area contributed by atoms with Gasteiger partial charge in [0.2, 0.25) is 0 Å². The van der Waals surface area contributed by atoms with Crippen LogP contribution >= 0.6 is 11.6 Å². The molecule has 2 N–H and O–H groups in total. The molecule has 1 heterocycles. The van der Waals surface area contributed by atoms with Crippen molar-refractivity contribution in [2.75, 3.05) is 0 Å². The van der Waals surface area contributed by atoms with Crippen LogP contribution in [0.5, 0.6) is 0 Å². The van der Waals surface area contributed by atoms with Crippen molar-refractivity contribution in [2.24, 2.45) is 0 Å². The van der Waals surface area contributed by atoms with Gasteiger partial charge in [0.15, 0.2) is 0 Å². The van der Waals surface area contributed by atoms with Gasteiger partial charge >= 0.3 is 7.12 Å². The number of hydrogen-bond donors (Lipinski definition) is 2. The first-order valence-electron chi connectivity index (χ1n) is 3.71. The van der Waals surface area contributed by atoms with Crippen molar-refractivity contribution in [3.05, 3.63) is 29.5 Å². The molecule has 0 bridgehead atoms. The largest absolute Gasteiger partial charge is 0.492 e. The summed E-state index contributed by atoms with van der Waals surface area (Å²) in [6, 6.07) is 4.89. The van der Waals surface area contributed by atoms with Gasteiger partial charge in [-0.15, -0.1) is 0 Å². The predicted molar refractivity (Wildman–Crippen MR) is 51.0 cm³/mol. The Morgan fingerprint density at radius 2 is 2.08 bits per heavy atom. The molecule has 5 heteroatoms. The van der Waals surface area contributed by atoms with Crippen LogP contribution in [-0.4, -0.2) is 17.2 Å². The second-order valence-electron chi connectivity index (χ2n) is 2.71. The Kier molecular flexibility index (Phi) is 2.03. The summed E-state index contributed by atoms with van der Waals surface area (Å²) in [5.41, 5.74) is 0.743. The Bertz CT molecular complexity index is 438. The smallest absolute Gasteiger partial charge is 0.465 e. The molecule has 3 nitrogen and oxygen atoms in total. The molecule has 0 saturated carbocycles. The Labute approximate surface area is 79.7 Å². The van der Waals surface area contributed by atoms with Crippen molar-refractivity contribution >= 4 is 35.2 Å². The number of fused-ring (bicyclic) bond motifs is 1. The molecule has 66 valence electrons. The predicted octanol–water partition coefficient (Wildman–Crippen LogP) is 0.766. The van der Waals surface area contributed by atoms with Crippen LogP contribution in [-0.2, 0) is 0 Å². The highest BCUT2D eigenvalue weighted by molar-refractivity contribution is 6.62. The summed E-state index contributed by atoms with van der Waals surface area (Å²) in [6.45, 7) is 0. The topological polar surface area (TPSA) is 53.6 Å². The van der Waals surface area contributed by atoms with E-state index in [1.165, 1.54) is 12.3 Å². The lowest BCUT2D eigenvalue weighted by atomic mass is 9.79. The summed E-state index contributed by atoms with van der Waals surface area (Å²) in [5, 5.41) is 19.2. The maximum absolute atomic E-state index is 9.00. The van der Waals surface area contributed by atoms with E-state index in [1.807, 2.05) is 0 Å². The molecule has 1 aromatic heterocycles. The summed E-state index contributed by atoms with van der Waals surface area (Å²) in [5.74, 6) is 0. The number of furan rings is 1. The van der Waals surface area contributed by atoms with Crippen molar-refractivity contribution in [3.63, 3.8) is 0 Å². The van der Waals surface area contributed by atoms with Crippen molar-refractivity contribution in [1.82, 2.24) is 0 Å². The van der Waals surface area contributed by atoms with Gasteiger partial charge in [0, 0.05) is 15.9 Å². The molecular formula is C8H6BClO3. The first kappa shape index (κ1) is 8.63. The second kappa shape index (κ2) is 3.07. The monoisotopic (exact) mass is 196 g/mol. The minimum atomic E-state index is -1.56. The van der Waals surface area contributed by atoms with Crippen molar-refractivity contribution in [1.29, 1.82) is 0 Å². The van der Waals surface area contributed by atoms with Crippen molar-refractivity contribution in [3.8, 4) is 0 Å².